The number of rotatable bonds is 4. The van der Waals surface area contributed by atoms with Crippen LogP contribution in [0.25, 0.3) is 0 Å². The Morgan fingerprint density at radius 1 is 1.47 bits per heavy atom. The third-order valence-electron chi connectivity index (χ3n) is 2.41. The first kappa shape index (κ1) is 14.3. The van der Waals surface area contributed by atoms with Crippen molar-refractivity contribution in [2.75, 3.05) is 6.79 Å². The summed E-state index contributed by atoms with van der Waals surface area (Å²) >= 11 is 0. The Morgan fingerprint density at radius 2 is 2.24 bits per heavy atom. The molecule has 1 aromatic carbocycles. The number of hydrogen-bond donors (Lipinski definition) is 1. The number of fused-ring (bicyclic) bond motifs is 1. The monoisotopic (exact) mass is 246 g/mol. The fourth-order valence-electron chi connectivity index (χ4n) is 1.63. The predicted octanol–water partition coefficient (Wildman–Crippen LogP) is -3.02. The molecular weight excluding hydrogens is 235 g/mol. The number of hydrogen-bond acceptors (Lipinski definition) is 5. The zero-order valence-electron chi connectivity index (χ0n) is 9.51. The molecule has 86 valence electrons. The van der Waals surface area contributed by atoms with Crippen molar-refractivity contribution < 1.29 is 54.0 Å². The first-order valence-corrected chi connectivity index (χ1v) is 4.95. The number of aliphatic hydroxyl groups excluding tert-OH is 1. The van der Waals surface area contributed by atoms with E-state index in [4.69, 9.17) is 9.47 Å². The van der Waals surface area contributed by atoms with Gasteiger partial charge in [0.05, 0.1) is 6.10 Å². The number of para-hydroxylation sites is 1. The van der Waals surface area contributed by atoms with Gasteiger partial charge < -0.3 is 24.5 Å². The van der Waals surface area contributed by atoms with Gasteiger partial charge in [0.2, 0.25) is 6.79 Å². The minimum Gasteiger partial charge on any atom is -0.550 e. The van der Waals surface area contributed by atoms with Gasteiger partial charge in [-0.3, -0.25) is 0 Å². The molecule has 17 heavy (non-hydrogen) atoms. The summed E-state index contributed by atoms with van der Waals surface area (Å²) in [6, 6.07) is 5.15. The third-order valence-corrected chi connectivity index (χ3v) is 2.41. The quantitative estimate of drug-likeness (QED) is 0.572. The fraction of sp³-hybridized carbons (Fsp3) is 0.364. The Morgan fingerprint density at radius 3 is 2.94 bits per heavy atom. The summed E-state index contributed by atoms with van der Waals surface area (Å²) in [6.45, 7) is 0.125. The number of carbonyl (C=O) groups is 1. The molecule has 6 heteroatoms. The molecule has 1 heterocycles. The van der Waals surface area contributed by atoms with Crippen LogP contribution in [0.5, 0.6) is 11.5 Å². The summed E-state index contributed by atoms with van der Waals surface area (Å²) < 4.78 is 10.4. The Labute approximate surface area is 121 Å². The normalized spacial score (nSPS) is 13.9. The number of carboxylic acid groups (broad SMARTS) is 1. The molecule has 5 nitrogen and oxygen atoms in total. The maximum Gasteiger partial charge on any atom is 1.00 e. The first-order chi connectivity index (χ1) is 7.68. The average molecular weight is 246 g/mol. The van der Waals surface area contributed by atoms with Crippen LogP contribution in [0.15, 0.2) is 18.2 Å². The number of benzene rings is 1. The van der Waals surface area contributed by atoms with E-state index in [0.29, 0.717) is 17.1 Å². The summed E-state index contributed by atoms with van der Waals surface area (Å²) in [5.74, 6) is -0.109. The van der Waals surface area contributed by atoms with E-state index in [1.807, 2.05) is 0 Å². The van der Waals surface area contributed by atoms with Gasteiger partial charge in [-0.1, -0.05) is 12.1 Å². The molecule has 1 aliphatic heterocycles. The van der Waals surface area contributed by atoms with Crippen molar-refractivity contribution in [3.8, 4) is 11.5 Å². The minimum absolute atomic E-state index is 0. The van der Waals surface area contributed by atoms with Crippen molar-refractivity contribution in [3.63, 3.8) is 0 Å². The van der Waals surface area contributed by atoms with Gasteiger partial charge in [0.25, 0.3) is 0 Å². The molecule has 0 aliphatic carbocycles. The minimum atomic E-state index is -1.18. The number of carboxylic acids is 1. The number of aliphatic hydroxyl groups is 1. The zero-order chi connectivity index (χ0) is 11.5. The van der Waals surface area contributed by atoms with Gasteiger partial charge in [-0.25, -0.2) is 0 Å². The van der Waals surface area contributed by atoms with Crippen LogP contribution in [-0.4, -0.2) is 17.9 Å². The molecule has 1 aliphatic rings. The maximum absolute atomic E-state index is 10.3. The molecule has 0 saturated heterocycles. The van der Waals surface area contributed by atoms with E-state index < -0.39 is 12.1 Å². The molecule has 0 amide bonds. The van der Waals surface area contributed by atoms with Crippen LogP contribution in [-0.2, 0) is 4.79 Å². The molecule has 1 aromatic rings. The van der Waals surface area contributed by atoms with Gasteiger partial charge in [-0.2, -0.15) is 0 Å². The van der Waals surface area contributed by atoms with Gasteiger partial charge in [-0.05, 0) is 18.9 Å². The zero-order valence-corrected chi connectivity index (χ0v) is 11.5. The predicted molar refractivity (Wildman–Crippen MR) is 51.8 cm³/mol. The molecule has 0 bridgehead atoms. The molecule has 1 N–H and O–H groups in total. The number of ether oxygens (including phenoxy) is 2. The van der Waals surface area contributed by atoms with Crippen LogP contribution in [0.3, 0.4) is 0 Å². The molecule has 0 spiro atoms. The summed E-state index contributed by atoms with van der Waals surface area (Å²) in [5.41, 5.74) is 0.552. The molecule has 0 radical (unpaired) electrons. The van der Waals surface area contributed by atoms with E-state index in [9.17, 15) is 15.0 Å². The van der Waals surface area contributed by atoms with Crippen LogP contribution in [0.1, 0.15) is 24.5 Å². The molecule has 2 rings (SSSR count). The van der Waals surface area contributed by atoms with Crippen molar-refractivity contribution in [1.82, 2.24) is 0 Å². The summed E-state index contributed by atoms with van der Waals surface area (Å²) in [5, 5.41) is 20.1. The van der Waals surface area contributed by atoms with Crippen molar-refractivity contribution in [2.24, 2.45) is 0 Å². The van der Waals surface area contributed by atoms with Crippen molar-refractivity contribution in [1.29, 1.82) is 0 Å². The molecule has 0 saturated carbocycles. The molecule has 1 atom stereocenters. The van der Waals surface area contributed by atoms with Crippen molar-refractivity contribution in [3.05, 3.63) is 23.8 Å². The van der Waals surface area contributed by atoms with Crippen LogP contribution < -0.4 is 44.1 Å². The van der Waals surface area contributed by atoms with E-state index in [1.54, 1.807) is 18.2 Å². The standard InChI is InChI=1S/C11H12O5.Na/c12-8(4-5-10(13)14)7-2-1-3-9-11(7)16-6-15-9;/h1-3,8,12H,4-6H2,(H,13,14);/q;+1/p-1. The second-order valence-electron chi connectivity index (χ2n) is 3.51. The summed E-state index contributed by atoms with van der Waals surface area (Å²) in [6.07, 6.45) is -0.969. The van der Waals surface area contributed by atoms with Gasteiger partial charge in [-0.15, -0.1) is 0 Å². The van der Waals surface area contributed by atoms with Crippen LogP contribution in [0, 0.1) is 0 Å². The smallest absolute Gasteiger partial charge is 0.550 e. The van der Waals surface area contributed by atoms with Gasteiger partial charge in [0.1, 0.15) is 0 Å². The van der Waals surface area contributed by atoms with Gasteiger partial charge in [0, 0.05) is 11.5 Å². The van der Waals surface area contributed by atoms with Crippen LogP contribution in [0.4, 0.5) is 0 Å². The topological polar surface area (TPSA) is 78.8 Å². The average Bonchev–Trinajstić information content (AvgIpc) is 2.73. The Hall–Kier alpha value is -0.750. The number of aliphatic carboxylic acids is 1. The fourth-order valence-corrected chi connectivity index (χ4v) is 1.63. The second-order valence-corrected chi connectivity index (χ2v) is 3.51. The summed E-state index contributed by atoms with van der Waals surface area (Å²) in [7, 11) is 0. The van der Waals surface area contributed by atoms with E-state index in [0.717, 1.165) is 0 Å². The van der Waals surface area contributed by atoms with Crippen molar-refractivity contribution in [2.45, 2.75) is 18.9 Å². The Kier molecular flexibility index (Phi) is 5.27. The van der Waals surface area contributed by atoms with E-state index in [-0.39, 0.29) is 49.2 Å². The molecule has 1 unspecified atom stereocenters. The van der Waals surface area contributed by atoms with Crippen LogP contribution in [0.2, 0.25) is 0 Å². The Bertz CT molecular complexity index is 407. The number of carbonyl (C=O) groups excluding carboxylic acids is 1. The van der Waals surface area contributed by atoms with E-state index in [2.05, 4.69) is 0 Å². The van der Waals surface area contributed by atoms with E-state index in [1.165, 1.54) is 0 Å². The van der Waals surface area contributed by atoms with E-state index >= 15 is 0 Å². The van der Waals surface area contributed by atoms with Gasteiger partial charge in [0.15, 0.2) is 11.5 Å². The SMILES string of the molecule is O=C([O-])CCC(O)c1cccc2c1OCO2.[Na+]. The van der Waals surface area contributed by atoms with Crippen LogP contribution >= 0.6 is 0 Å². The molecular formula is C11H11NaO5. The largest absolute Gasteiger partial charge is 1.00 e. The second kappa shape index (κ2) is 6.26. The third kappa shape index (κ3) is 3.35. The maximum atomic E-state index is 10.3. The molecule has 0 aromatic heterocycles. The summed E-state index contributed by atoms with van der Waals surface area (Å²) in [4.78, 5) is 10.3. The first-order valence-electron chi connectivity index (χ1n) is 4.95. The van der Waals surface area contributed by atoms with Gasteiger partial charge >= 0.3 is 29.6 Å². The Balaban J connectivity index is 0.00000144. The van der Waals surface area contributed by atoms with Crippen molar-refractivity contribution >= 4 is 5.97 Å². The molecule has 0 fully saturated rings.